The van der Waals surface area contributed by atoms with Gasteiger partial charge in [-0.1, -0.05) is 13.0 Å². The first-order valence-corrected chi connectivity index (χ1v) is 5.19. The van der Waals surface area contributed by atoms with E-state index in [-0.39, 0.29) is 5.91 Å². The summed E-state index contributed by atoms with van der Waals surface area (Å²) in [5, 5.41) is 2.87. The lowest BCUT2D eigenvalue weighted by Gasteiger charge is -2.13. The van der Waals surface area contributed by atoms with E-state index in [1.165, 1.54) is 5.56 Å². The third-order valence-electron chi connectivity index (χ3n) is 2.63. The molecule has 0 saturated heterocycles. The van der Waals surface area contributed by atoms with E-state index in [0.717, 1.165) is 16.8 Å². The Morgan fingerprint density at radius 2 is 2.07 bits per heavy atom. The van der Waals surface area contributed by atoms with Crippen LogP contribution in [0.15, 0.2) is 12.1 Å². The summed E-state index contributed by atoms with van der Waals surface area (Å²) in [7, 11) is 0. The molecule has 1 aromatic carbocycles. The van der Waals surface area contributed by atoms with Crippen LogP contribution >= 0.6 is 0 Å². The molecule has 0 radical (unpaired) electrons. The second-order valence-electron chi connectivity index (χ2n) is 3.64. The molecule has 82 valence electrons. The number of hydrogen-bond acceptors (Lipinski definition) is 2. The Hall–Kier alpha value is -1.35. The Bertz CT molecular complexity index is 372. The molecule has 15 heavy (non-hydrogen) atoms. The highest BCUT2D eigenvalue weighted by Gasteiger charge is 2.07. The van der Waals surface area contributed by atoms with E-state index >= 15 is 0 Å². The summed E-state index contributed by atoms with van der Waals surface area (Å²) in [6.45, 7) is 6.36. The average molecular weight is 206 g/mol. The van der Waals surface area contributed by atoms with Gasteiger partial charge in [0.05, 0.1) is 0 Å². The van der Waals surface area contributed by atoms with Crippen LogP contribution in [0.3, 0.4) is 0 Å². The number of amides is 1. The van der Waals surface area contributed by atoms with Crippen LogP contribution in [0.2, 0.25) is 0 Å². The van der Waals surface area contributed by atoms with Crippen molar-refractivity contribution < 1.29 is 4.79 Å². The Morgan fingerprint density at radius 3 is 2.60 bits per heavy atom. The van der Waals surface area contributed by atoms with Gasteiger partial charge in [-0.2, -0.15) is 0 Å². The van der Waals surface area contributed by atoms with E-state index in [1.807, 2.05) is 32.9 Å². The highest BCUT2D eigenvalue weighted by molar-refractivity contribution is 5.91. The number of hydrogen-bond donors (Lipinski definition) is 2. The van der Waals surface area contributed by atoms with Gasteiger partial charge < -0.3 is 11.1 Å². The molecular formula is C12H18N2O. The van der Waals surface area contributed by atoms with Gasteiger partial charge in [0.1, 0.15) is 0 Å². The zero-order valence-electron chi connectivity index (χ0n) is 9.55. The molecule has 0 atom stereocenters. The van der Waals surface area contributed by atoms with Crippen molar-refractivity contribution in [2.75, 3.05) is 5.32 Å². The molecule has 0 fully saturated rings. The molecule has 3 nitrogen and oxygen atoms in total. The maximum atomic E-state index is 11.3. The van der Waals surface area contributed by atoms with Crippen LogP contribution in [0.25, 0.3) is 0 Å². The maximum Gasteiger partial charge on any atom is 0.224 e. The summed E-state index contributed by atoms with van der Waals surface area (Å²) in [4.78, 5) is 11.3. The third-order valence-corrected chi connectivity index (χ3v) is 2.63. The first-order valence-electron chi connectivity index (χ1n) is 5.19. The SMILES string of the molecule is CCC(=O)Nc1ccc(C)c(CN)c1C. The highest BCUT2D eigenvalue weighted by Crippen LogP contribution is 2.22. The number of carbonyl (C=O) groups is 1. The van der Waals surface area contributed by atoms with Crippen molar-refractivity contribution in [3.63, 3.8) is 0 Å². The van der Waals surface area contributed by atoms with Crippen LogP contribution in [0.4, 0.5) is 5.69 Å². The van der Waals surface area contributed by atoms with Crippen molar-refractivity contribution in [2.45, 2.75) is 33.7 Å². The molecule has 0 aliphatic heterocycles. The van der Waals surface area contributed by atoms with Gasteiger partial charge in [0.2, 0.25) is 5.91 Å². The summed E-state index contributed by atoms with van der Waals surface area (Å²) in [5.74, 6) is 0.0323. The molecule has 0 heterocycles. The largest absolute Gasteiger partial charge is 0.326 e. The standard InChI is InChI=1S/C12H18N2O/c1-4-12(15)14-11-6-5-8(2)10(7-13)9(11)3/h5-6H,4,7,13H2,1-3H3,(H,14,15). The molecule has 0 saturated carbocycles. The number of anilines is 1. The average Bonchev–Trinajstić information content (AvgIpc) is 2.23. The molecule has 0 spiro atoms. The van der Waals surface area contributed by atoms with Gasteiger partial charge in [-0.25, -0.2) is 0 Å². The van der Waals surface area contributed by atoms with E-state index in [2.05, 4.69) is 5.32 Å². The minimum atomic E-state index is 0.0323. The zero-order valence-corrected chi connectivity index (χ0v) is 9.55. The molecule has 0 unspecified atom stereocenters. The summed E-state index contributed by atoms with van der Waals surface area (Å²) in [6.07, 6.45) is 0.491. The van der Waals surface area contributed by atoms with Crippen molar-refractivity contribution in [3.8, 4) is 0 Å². The lowest BCUT2D eigenvalue weighted by molar-refractivity contribution is -0.115. The van der Waals surface area contributed by atoms with Gasteiger partial charge >= 0.3 is 0 Å². The molecule has 1 rings (SSSR count). The van der Waals surface area contributed by atoms with Crippen LogP contribution in [0.5, 0.6) is 0 Å². The van der Waals surface area contributed by atoms with E-state index in [4.69, 9.17) is 5.73 Å². The van der Waals surface area contributed by atoms with Crippen LogP contribution < -0.4 is 11.1 Å². The second kappa shape index (κ2) is 4.94. The van der Waals surface area contributed by atoms with E-state index in [0.29, 0.717) is 13.0 Å². The molecule has 0 aromatic heterocycles. The lowest BCUT2D eigenvalue weighted by Crippen LogP contribution is -2.12. The smallest absolute Gasteiger partial charge is 0.224 e. The Kier molecular flexibility index (Phi) is 3.86. The number of nitrogens with one attached hydrogen (secondary N) is 1. The Labute approximate surface area is 90.7 Å². The zero-order chi connectivity index (χ0) is 11.4. The van der Waals surface area contributed by atoms with Crippen molar-refractivity contribution in [3.05, 3.63) is 28.8 Å². The van der Waals surface area contributed by atoms with Gasteiger partial charge in [-0.05, 0) is 36.6 Å². The Balaban J connectivity index is 3.05. The topological polar surface area (TPSA) is 55.1 Å². The molecule has 3 heteroatoms. The molecule has 0 aliphatic carbocycles. The van der Waals surface area contributed by atoms with Gasteiger partial charge in [0.15, 0.2) is 0 Å². The minimum Gasteiger partial charge on any atom is -0.326 e. The predicted octanol–water partition coefficient (Wildman–Crippen LogP) is 2.11. The van der Waals surface area contributed by atoms with E-state index in [9.17, 15) is 4.79 Å². The number of rotatable bonds is 3. The van der Waals surface area contributed by atoms with Crippen molar-refractivity contribution in [2.24, 2.45) is 5.73 Å². The summed E-state index contributed by atoms with van der Waals surface area (Å²) in [5.41, 5.74) is 9.89. The molecular weight excluding hydrogens is 188 g/mol. The molecule has 0 bridgehead atoms. The van der Waals surface area contributed by atoms with Crippen molar-refractivity contribution >= 4 is 11.6 Å². The first-order chi connectivity index (χ1) is 7.10. The monoisotopic (exact) mass is 206 g/mol. The third kappa shape index (κ3) is 2.57. The number of carbonyl (C=O) groups excluding carboxylic acids is 1. The molecule has 1 amide bonds. The van der Waals surface area contributed by atoms with Crippen LogP contribution in [0, 0.1) is 13.8 Å². The quantitative estimate of drug-likeness (QED) is 0.795. The predicted molar refractivity (Wildman–Crippen MR) is 62.7 cm³/mol. The van der Waals surface area contributed by atoms with E-state index < -0.39 is 0 Å². The number of nitrogens with two attached hydrogens (primary N) is 1. The van der Waals surface area contributed by atoms with Gasteiger partial charge in [-0.3, -0.25) is 4.79 Å². The number of aryl methyl sites for hydroxylation is 1. The molecule has 0 aliphatic rings. The maximum absolute atomic E-state index is 11.3. The highest BCUT2D eigenvalue weighted by atomic mass is 16.1. The van der Waals surface area contributed by atoms with Gasteiger partial charge in [0.25, 0.3) is 0 Å². The molecule has 1 aromatic rings. The van der Waals surface area contributed by atoms with Crippen molar-refractivity contribution in [1.82, 2.24) is 0 Å². The fourth-order valence-electron chi connectivity index (χ4n) is 1.58. The minimum absolute atomic E-state index is 0.0323. The first kappa shape index (κ1) is 11.7. The van der Waals surface area contributed by atoms with Crippen LogP contribution in [0.1, 0.15) is 30.0 Å². The van der Waals surface area contributed by atoms with Gasteiger partial charge in [-0.15, -0.1) is 0 Å². The fraction of sp³-hybridized carbons (Fsp3) is 0.417. The van der Waals surface area contributed by atoms with Crippen LogP contribution in [-0.2, 0) is 11.3 Å². The fourth-order valence-corrected chi connectivity index (χ4v) is 1.58. The van der Waals surface area contributed by atoms with E-state index in [1.54, 1.807) is 0 Å². The molecule has 3 N–H and O–H groups in total. The second-order valence-corrected chi connectivity index (χ2v) is 3.64. The summed E-state index contributed by atoms with van der Waals surface area (Å²) >= 11 is 0. The normalized spacial score (nSPS) is 10.1. The van der Waals surface area contributed by atoms with Crippen molar-refractivity contribution in [1.29, 1.82) is 0 Å². The number of benzene rings is 1. The summed E-state index contributed by atoms with van der Waals surface area (Å²) in [6, 6.07) is 3.91. The van der Waals surface area contributed by atoms with Crippen LogP contribution in [-0.4, -0.2) is 5.91 Å². The Morgan fingerprint density at radius 1 is 1.40 bits per heavy atom. The summed E-state index contributed by atoms with van der Waals surface area (Å²) < 4.78 is 0. The van der Waals surface area contributed by atoms with Gasteiger partial charge in [0, 0.05) is 18.7 Å². The lowest BCUT2D eigenvalue weighted by atomic mass is 10.0.